The molecule has 0 saturated carbocycles. The molecule has 0 spiro atoms. The van der Waals surface area contributed by atoms with E-state index in [2.05, 4.69) is 29.4 Å². The van der Waals surface area contributed by atoms with Crippen molar-refractivity contribution in [3.8, 4) is 0 Å². The first-order chi connectivity index (χ1) is 9.66. The lowest BCUT2D eigenvalue weighted by atomic mass is 10.1. The lowest BCUT2D eigenvalue weighted by Gasteiger charge is -2.32. The number of carbonyl (C=O) groups excluding carboxylic acids is 1. The Morgan fingerprint density at radius 1 is 1.20 bits per heavy atom. The van der Waals surface area contributed by atoms with Gasteiger partial charge in [-0.25, -0.2) is 0 Å². The third kappa shape index (κ3) is 4.32. The molecule has 0 radical (unpaired) electrons. The summed E-state index contributed by atoms with van der Waals surface area (Å²) in [4.78, 5) is 16.3. The Morgan fingerprint density at radius 2 is 1.85 bits per heavy atom. The van der Waals surface area contributed by atoms with Crippen LogP contribution in [0.1, 0.15) is 18.4 Å². The van der Waals surface area contributed by atoms with Crippen LogP contribution in [0.2, 0.25) is 0 Å². The minimum atomic E-state index is 0.190. The minimum absolute atomic E-state index is 0.190. The second-order valence-electron chi connectivity index (χ2n) is 5.63. The van der Waals surface area contributed by atoms with Crippen molar-refractivity contribution >= 4 is 5.91 Å². The normalized spacial score (nSPS) is 16.4. The zero-order chi connectivity index (χ0) is 14.4. The van der Waals surface area contributed by atoms with Gasteiger partial charge in [0, 0.05) is 19.6 Å². The summed E-state index contributed by atoms with van der Waals surface area (Å²) >= 11 is 0. The summed E-state index contributed by atoms with van der Waals surface area (Å²) in [5.74, 6) is 0.190. The highest BCUT2D eigenvalue weighted by Gasteiger charge is 2.20. The van der Waals surface area contributed by atoms with Crippen LogP contribution in [0.15, 0.2) is 30.3 Å². The molecule has 1 heterocycles. The predicted octanol–water partition coefficient (Wildman–Crippen LogP) is 1.33. The quantitative estimate of drug-likeness (QED) is 0.880. The number of hydrogen-bond donors (Lipinski definition) is 1. The number of piperidine rings is 1. The first kappa shape index (κ1) is 15.0. The molecule has 0 atom stereocenters. The SMILES string of the molecule is CN(Cc1ccccc1)C(=O)CN(C)C1CCNCC1. The minimum Gasteiger partial charge on any atom is -0.340 e. The highest BCUT2D eigenvalue weighted by molar-refractivity contribution is 5.78. The van der Waals surface area contributed by atoms with E-state index in [1.807, 2.05) is 30.1 Å². The van der Waals surface area contributed by atoms with Gasteiger partial charge in [0.2, 0.25) is 5.91 Å². The molecule has 1 aromatic carbocycles. The van der Waals surface area contributed by atoms with Crippen molar-refractivity contribution < 1.29 is 4.79 Å². The van der Waals surface area contributed by atoms with E-state index < -0.39 is 0 Å². The van der Waals surface area contributed by atoms with E-state index in [0.29, 0.717) is 19.1 Å². The van der Waals surface area contributed by atoms with Crippen molar-refractivity contribution in [3.05, 3.63) is 35.9 Å². The lowest BCUT2D eigenvalue weighted by molar-refractivity contribution is -0.132. The number of rotatable bonds is 5. The molecule has 1 aliphatic heterocycles. The van der Waals surface area contributed by atoms with Gasteiger partial charge < -0.3 is 10.2 Å². The zero-order valence-corrected chi connectivity index (χ0v) is 12.5. The van der Waals surface area contributed by atoms with Crippen LogP contribution in [0, 0.1) is 0 Å². The van der Waals surface area contributed by atoms with Gasteiger partial charge >= 0.3 is 0 Å². The van der Waals surface area contributed by atoms with Gasteiger partial charge in [-0.05, 0) is 38.5 Å². The van der Waals surface area contributed by atoms with E-state index in [-0.39, 0.29) is 5.91 Å². The summed E-state index contributed by atoms with van der Waals surface area (Å²) in [6.07, 6.45) is 2.26. The van der Waals surface area contributed by atoms with Gasteiger partial charge in [-0.15, -0.1) is 0 Å². The fourth-order valence-corrected chi connectivity index (χ4v) is 2.66. The highest BCUT2D eigenvalue weighted by Crippen LogP contribution is 2.10. The monoisotopic (exact) mass is 275 g/mol. The molecule has 0 aromatic heterocycles. The topological polar surface area (TPSA) is 35.6 Å². The van der Waals surface area contributed by atoms with Gasteiger partial charge in [0.15, 0.2) is 0 Å². The van der Waals surface area contributed by atoms with Gasteiger partial charge in [0.25, 0.3) is 0 Å². The van der Waals surface area contributed by atoms with Gasteiger partial charge in [-0.2, -0.15) is 0 Å². The summed E-state index contributed by atoms with van der Waals surface area (Å²) in [7, 11) is 3.94. The second-order valence-corrected chi connectivity index (χ2v) is 5.63. The number of benzene rings is 1. The Kier molecular flexibility index (Phi) is 5.56. The summed E-state index contributed by atoms with van der Waals surface area (Å²) in [6, 6.07) is 10.7. The third-order valence-electron chi connectivity index (χ3n) is 4.01. The molecule has 4 heteroatoms. The summed E-state index contributed by atoms with van der Waals surface area (Å²) in [5, 5.41) is 3.36. The molecule has 1 amide bonds. The molecule has 1 N–H and O–H groups in total. The molecule has 0 unspecified atom stereocenters. The standard InChI is InChI=1S/C16H25N3O/c1-18(15-8-10-17-11-9-15)13-16(20)19(2)12-14-6-4-3-5-7-14/h3-7,15,17H,8-13H2,1-2H3. The van der Waals surface area contributed by atoms with E-state index in [0.717, 1.165) is 25.9 Å². The van der Waals surface area contributed by atoms with Crippen LogP contribution in [-0.2, 0) is 11.3 Å². The van der Waals surface area contributed by atoms with E-state index in [1.165, 1.54) is 5.56 Å². The van der Waals surface area contributed by atoms with Crippen molar-refractivity contribution in [1.82, 2.24) is 15.1 Å². The van der Waals surface area contributed by atoms with Crippen LogP contribution in [0.25, 0.3) is 0 Å². The smallest absolute Gasteiger partial charge is 0.236 e. The first-order valence-corrected chi connectivity index (χ1v) is 7.35. The average molecular weight is 275 g/mol. The molecule has 1 fully saturated rings. The zero-order valence-electron chi connectivity index (χ0n) is 12.5. The molecular weight excluding hydrogens is 250 g/mol. The van der Waals surface area contributed by atoms with Gasteiger partial charge in [-0.1, -0.05) is 30.3 Å². The van der Waals surface area contributed by atoms with Crippen molar-refractivity contribution in [2.24, 2.45) is 0 Å². The van der Waals surface area contributed by atoms with Gasteiger partial charge in [0.1, 0.15) is 0 Å². The van der Waals surface area contributed by atoms with Crippen LogP contribution in [0.5, 0.6) is 0 Å². The Balaban J connectivity index is 1.81. The lowest BCUT2D eigenvalue weighted by Crippen LogP contribution is -2.45. The largest absolute Gasteiger partial charge is 0.340 e. The number of hydrogen-bond acceptors (Lipinski definition) is 3. The van der Waals surface area contributed by atoms with Crippen LogP contribution in [-0.4, -0.2) is 55.5 Å². The number of amides is 1. The molecular formula is C16H25N3O. The van der Waals surface area contributed by atoms with Crippen LogP contribution < -0.4 is 5.32 Å². The third-order valence-corrected chi connectivity index (χ3v) is 4.01. The summed E-state index contributed by atoms with van der Waals surface area (Å²) < 4.78 is 0. The molecule has 0 aliphatic carbocycles. The average Bonchev–Trinajstić information content (AvgIpc) is 2.49. The Morgan fingerprint density at radius 3 is 2.50 bits per heavy atom. The van der Waals surface area contributed by atoms with E-state index in [4.69, 9.17) is 0 Å². The number of likely N-dealkylation sites (N-methyl/N-ethyl adjacent to an activating group) is 2. The first-order valence-electron chi connectivity index (χ1n) is 7.35. The Hall–Kier alpha value is -1.39. The predicted molar refractivity (Wildman–Crippen MR) is 81.4 cm³/mol. The van der Waals surface area contributed by atoms with E-state index in [1.54, 1.807) is 0 Å². The number of nitrogens with one attached hydrogen (secondary N) is 1. The van der Waals surface area contributed by atoms with E-state index in [9.17, 15) is 4.79 Å². The number of nitrogens with zero attached hydrogens (tertiary/aromatic N) is 2. The van der Waals surface area contributed by atoms with Crippen LogP contribution in [0.4, 0.5) is 0 Å². The maximum Gasteiger partial charge on any atom is 0.236 e. The van der Waals surface area contributed by atoms with E-state index >= 15 is 0 Å². The molecule has 20 heavy (non-hydrogen) atoms. The fourth-order valence-electron chi connectivity index (χ4n) is 2.66. The maximum absolute atomic E-state index is 12.3. The molecule has 2 rings (SSSR count). The second kappa shape index (κ2) is 7.41. The van der Waals surface area contributed by atoms with Crippen LogP contribution in [0.3, 0.4) is 0 Å². The van der Waals surface area contributed by atoms with Gasteiger partial charge in [0.05, 0.1) is 6.54 Å². The van der Waals surface area contributed by atoms with Crippen molar-refractivity contribution in [1.29, 1.82) is 0 Å². The summed E-state index contributed by atoms with van der Waals surface area (Å²) in [6.45, 7) is 3.31. The Labute approximate surface area is 121 Å². The molecule has 4 nitrogen and oxygen atoms in total. The van der Waals surface area contributed by atoms with Crippen molar-refractivity contribution in [2.45, 2.75) is 25.4 Å². The maximum atomic E-state index is 12.3. The highest BCUT2D eigenvalue weighted by atomic mass is 16.2. The van der Waals surface area contributed by atoms with Crippen molar-refractivity contribution in [2.75, 3.05) is 33.7 Å². The Bertz CT molecular complexity index is 415. The molecule has 1 aliphatic rings. The molecule has 110 valence electrons. The summed E-state index contributed by atoms with van der Waals surface area (Å²) in [5.41, 5.74) is 1.17. The van der Waals surface area contributed by atoms with Gasteiger partial charge in [-0.3, -0.25) is 9.69 Å². The molecule has 0 bridgehead atoms. The van der Waals surface area contributed by atoms with Crippen LogP contribution >= 0.6 is 0 Å². The molecule has 1 aromatic rings. The fraction of sp³-hybridized carbons (Fsp3) is 0.562. The number of carbonyl (C=O) groups is 1. The molecule has 1 saturated heterocycles. The van der Waals surface area contributed by atoms with Crippen molar-refractivity contribution in [3.63, 3.8) is 0 Å².